The Labute approximate surface area is 158 Å². The van der Waals surface area contributed by atoms with Crippen molar-refractivity contribution in [2.75, 3.05) is 5.32 Å². The zero-order chi connectivity index (χ0) is 19.3. The maximum absolute atomic E-state index is 12.8. The monoisotopic (exact) mass is 355 g/mol. The molecule has 0 bridgehead atoms. The number of carbonyl (C=O) groups is 1. The van der Waals surface area contributed by atoms with Crippen molar-refractivity contribution in [2.24, 2.45) is 5.92 Å². The van der Waals surface area contributed by atoms with E-state index in [1.54, 1.807) is 0 Å². The van der Waals surface area contributed by atoms with Crippen LogP contribution in [0.25, 0.3) is 5.69 Å². The summed E-state index contributed by atoms with van der Waals surface area (Å²) >= 11 is 0. The first-order chi connectivity index (χ1) is 12.3. The molecule has 0 saturated heterocycles. The van der Waals surface area contributed by atoms with Crippen LogP contribution in [0.3, 0.4) is 0 Å². The molecule has 1 N–H and O–H groups in total. The molecule has 0 saturated carbocycles. The van der Waals surface area contributed by atoms with Gasteiger partial charge in [-0.15, -0.1) is 0 Å². The van der Waals surface area contributed by atoms with Crippen LogP contribution in [0.5, 0.6) is 0 Å². The molecule has 4 heteroatoms. The lowest BCUT2D eigenvalue weighted by atomic mass is 9.92. The molecule has 0 fully saturated rings. The number of carbonyl (C=O) groups excluding carboxylic acids is 1. The Hall–Kier alpha value is -2.10. The van der Waals surface area contributed by atoms with Gasteiger partial charge in [0.2, 0.25) is 5.91 Å². The topological polar surface area (TPSA) is 46.9 Å². The quantitative estimate of drug-likeness (QED) is 0.699. The first kappa shape index (κ1) is 20.2. The van der Waals surface area contributed by atoms with E-state index in [2.05, 4.69) is 59.0 Å². The molecule has 0 radical (unpaired) electrons. The highest BCUT2D eigenvalue weighted by atomic mass is 16.2. The van der Waals surface area contributed by atoms with E-state index < -0.39 is 0 Å². The van der Waals surface area contributed by atoms with Gasteiger partial charge in [0, 0.05) is 17.4 Å². The number of nitrogens with zero attached hydrogens (tertiary/aromatic N) is 2. The van der Waals surface area contributed by atoms with Crippen molar-refractivity contribution in [3.63, 3.8) is 0 Å². The Morgan fingerprint density at radius 1 is 1.19 bits per heavy atom. The third-order valence-corrected chi connectivity index (χ3v) is 4.78. The van der Waals surface area contributed by atoms with Crippen molar-refractivity contribution in [1.29, 1.82) is 0 Å². The second-order valence-corrected chi connectivity index (χ2v) is 8.15. The number of aryl methyl sites for hydroxylation is 1. The molecule has 142 valence electrons. The summed E-state index contributed by atoms with van der Waals surface area (Å²) in [5.74, 6) is 0.891. The highest BCUT2D eigenvalue weighted by Gasteiger charge is 2.23. The molecule has 1 unspecified atom stereocenters. The van der Waals surface area contributed by atoms with Gasteiger partial charge in [0.25, 0.3) is 0 Å². The third kappa shape index (κ3) is 4.96. The lowest BCUT2D eigenvalue weighted by Crippen LogP contribution is -2.23. The molecule has 0 aliphatic rings. The molecule has 1 aromatic carbocycles. The van der Waals surface area contributed by atoms with Gasteiger partial charge in [-0.05, 0) is 31.9 Å². The van der Waals surface area contributed by atoms with E-state index >= 15 is 0 Å². The van der Waals surface area contributed by atoms with Gasteiger partial charge < -0.3 is 5.32 Å². The molecule has 0 spiro atoms. The van der Waals surface area contributed by atoms with Crippen LogP contribution < -0.4 is 5.32 Å². The molecule has 1 heterocycles. The number of nitrogens with one attached hydrogen (secondary N) is 1. The normalized spacial score (nSPS) is 12.8. The molecule has 2 aromatic rings. The Morgan fingerprint density at radius 3 is 2.38 bits per heavy atom. The van der Waals surface area contributed by atoms with Crippen LogP contribution >= 0.6 is 0 Å². The summed E-state index contributed by atoms with van der Waals surface area (Å²) in [7, 11) is 0. The third-order valence-electron chi connectivity index (χ3n) is 4.78. The summed E-state index contributed by atoms with van der Waals surface area (Å²) < 4.78 is 1.85. The Bertz CT molecular complexity index is 723. The molecule has 1 atom stereocenters. The van der Waals surface area contributed by atoms with Gasteiger partial charge in [-0.2, -0.15) is 5.10 Å². The van der Waals surface area contributed by atoms with Gasteiger partial charge >= 0.3 is 0 Å². The van der Waals surface area contributed by atoms with E-state index in [1.165, 1.54) is 5.56 Å². The number of benzene rings is 1. The second-order valence-electron chi connectivity index (χ2n) is 8.15. The largest absolute Gasteiger partial charge is 0.310 e. The maximum Gasteiger partial charge on any atom is 0.228 e. The van der Waals surface area contributed by atoms with E-state index in [1.807, 2.05) is 22.9 Å². The number of amides is 1. The second kappa shape index (κ2) is 8.52. The van der Waals surface area contributed by atoms with Gasteiger partial charge in [0.05, 0.1) is 11.4 Å². The minimum Gasteiger partial charge on any atom is -0.310 e. The minimum atomic E-state index is -0.0816. The van der Waals surface area contributed by atoms with Crippen molar-refractivity contribution in [3.8, 4) is 5.69 Å². The molecule has 2 rings (SSSR count). The fourth-order valence-corrected chi connectivity index (χ4v) is 2.92. The lowest BCUT2D eigenvalue weighted by Gasteiger charge is -2.15. The summed E-state index contributed by atoms with van der Waals surface area (Å²) in [6.45, 7) is 12.7. The molecule has 1 amide bonds. The van der Waals surface area contributed by atoms with E-state index in [0.29, 0.717) is 0 Å². The summed E-state index contributed by atoms with van der Waals surface area (Å²) in [5.41, 5.74) is 3.05. The number of unbranched alkanes of at least 4 members (excludes halogenated alkanes) is 1. The van der Waals surface area contributed by atoms with Crippen molar-refractivity contribution in [2.45, 2.75) is 72.6 Å². The van der Waals surface area contributed by atoms with Crippen LogP contribution in [0.2, 0.25) is 0 Å². The number of aromatic nitrogens is 2. The average molecular weight is 356 g/mol. The maximum atomic E-state index is 12.8. The molecular formula is C22H33N3O. The van der Waals surface area contributed by atoms with Crippen LogP contribution in [-0.2, 0) is 10.2 Å². The van der Waals surface area contributed by atoms with Crippen molar-refractivity contribution in [3.05, 3.63) is 41.6 Å². The Morgan fingerprint density at radius 2 is 1.85 bits per heavy atom. The zero-order valence-electron chi connectivity index (χ0n) is 17.1. The number of rotatable bonds is 7. The van der Waals surface area contributed by atoms with Gasteiger partial charge in [0.1, 0.15) is 5.82 Å². The Kier molecular flexibility index (Phi) is 6.63. The van der Waals surface area contributed by atoms with Crippen LogP contribution in [0.1, 0.15) is 71.6 Å². The van der Waals surface area contributed by atoms with Crippen LogP contribution in [0, 0.1) is 12.8 Å². The average Bonchev–Trinajstić information content (AvgIpc) is 3.00. The predicted octanol–water partition coefficient (Wildman–Crippen LogP) is 5.63. The molecule has 26 heavy (non-hydrogen) atoms. The summed E-state index contributed by atoms with van der Waals surface area (Å²) in [4.78, 5) is 12.8. The highest BCUT2D eigenvalue weighted by Crippen LogP contribution is 2.27. The van der Waals surface area contributed by atoms with Crippen LogP contribution in [0.4, 0.5) is 5.82 Å². The first-order valence-corrected chi connectivity index (χ1v) is 9.74. The van der Waals surface area contributed by atoms with Crippen molar-refractivity contribution in [1.82, 2.24) is 9.78 Å². The lowest BCUT2D eigenvalue weighted by molar-refractivity contribution is -0.120. The number of hydrogen-bond acceptors (Lipinski definition) is 2. The molecule has 0 aliphatic heterocycles. The van der Waals surface area contributed by atoms with Gasteiger partial charge in [-0.1, -0.05) is 65.2 Å². The van der Waals surface area contributed by atoms with Crippen LogP contribution in [0.15, 0.2) is 30.3 Å². The first-order valence-electron chi connectivity index (χ1n) is 9.74. The summed E-state index contributed by atoms with van der Waals surface area (Å²) in [6.07, 6.45) is 3.98. The van der Waals surface area contributed by atoms with Crippen LogP contribution in [-0.4, -0.2) is 15.7 Å². The molecular weight excluding hydrogens is 322 g/mol. The van der Waals surface area contributed by atoms with E-state index in [9.17, 15) is 4.79 Å². The minimum absolute atomic E-state index is 0.0504. The Balaban J connectivity index is 2.35. The van der Waals surface area contributed by atoms with Crippen molar-refractivity contribution >= 4 is 11.7 Å². The molecule has 4 nitrogen and oxygen atoms in total. The standard InChI is InChI=1S/C22H33N3O/c1-7-9-10-17(8-2)21(26)23-20-15-19(22(4,5)6)24-25(20)18-13-11-16(3)12-14-18/h11-15,17H,7-10H2,1-6H3,(H,23,26). The van der Waals surface area contributed by atoms with Gasteiger partial charge in [-0.3, -0.25) is 4.79 Å². The van der Waals surface area contributed by atoms with E-state index in [4.69, 9.17) is 5.10 Å². The summed E-state index contributed by atoms with van der Waals surface area (Å²) in [5, 5.41) is 7.92. The van der Waals surface area contributed by atoms with Crippen molar-refractivity contribution < 1.29 is 4.79 Å². The summed E-state index contributed by atoms with van der Waals surface area (Å²) in [6, 6.07) is 10.2. The molecule has 0 aliphatic carbocycles. The SMILES string of the molecule is CCCCC(CC)C(=O)Nc1cc(C(C)(C)C)nn1-c1ccc(C)cc1. The highest BCUT2D eigenvalue weighted by molar-refractivity contribution is 5.92. The van der Waals surface area contributed by atoms with E-state index in [-0.39, 0.29) is 17.2 Å². The predicted molar refractivity (Wildman–Crippen MR) is 109 cm³/mol. The smallest absolute Gasteiger partial charge is 0.228 e. The fourth-order valence-electron chi connectivity index (χ4n) is 2.92. The van der Waals surface area contributed by atoms with Gasteiger partial charge in [-0.25, -0.2) is 4.68 Å². The molecule has 1 aromatic heterocycles. The van der Waals surface area contributed by atoms with E-state index in [0.717, 1.165) is 42.9 Å². The number of hydrogen-bond donors (Lipinski definition) is 1. The number of anilines is 1. The fraction of sp³-hybridized carbons (Fsp3) is 0.545. The zero-order valence-corrected chi connectivity index (χ0v) is 17.1. The van der Waals surface area contributed by atoms with Gasteiger partial charge in [0.15, 0.2) is 0 Å².